The van der Waals surface area contributed by atoms with Crippen molar-refractivity contribution in [2.45, 2.75) is 26.1 Å². The monoisotopic (exact) mass is 288 g/mol. The van der Waals surface area contributed by atoms with E-state index in [2.05, 4.69) is 20.5 Å². The summed E-state index contributed by atoms with van der Waals surface area (Å²) < 4.78 is 37.0. The highest BCUT2D eigenvalue weighted by Gasteiger charge is 2.32. The van der Waals surface area contributed by atoms with E-state index in [0.29, 0.717) is 0 Å². The molecule has 0 saturated heterocycles. The Balaban J connectivity index is 2.07. The molecule has 0 aliphatic heterocycles. The van der Waals surface area contributed by atoms with Crippen molar-refractivity contribution in [2.24, 2.45) is 0 Å². The Labute approximate surface area is 111 Å². The van der Waals surface area contributed by atoms with E-state index >= 15 is 0 Å². The molecular weight excluding hydrogens is 277 g/mol. The van der Waals surface area contributed by atoms with Crippen LogP contribution in [0.4, 0.5) is 19.0 Å². The number of alkyl halides is 3. The Hall–Kier alpha value is -1.70. The number of hydrogen-bond donors (Lipinski definition) is 1. The highest BCUT2D eigenvalue weighted by atomic mass is 32.1. The summed E-state index contributed by atoms with van der Waals surface area (Å²) in [6.45, 7) is 3.74. The molecule has 1 unspecified atom stereocenters. The first-order valence-electron chi connectivity index (χ1n) is 5.46. The highest BCUT2D eigenvalue weighted by Crippen LogP contribution is 2.27. The molecule has 19 heavy (non-hydrogen) atoms. The third-order valence-electron chi connectivity index (χ3n) is 2.33. The topological polar surface area (TPSA) is 50.7 Å². The van der Waals surface area contributed by atoms with E-state index in [9.17, 15) is 13.2 Å². The van der Waals surface area contributed by atoms with Crippen molar-refractivity contribution in [2.75, 3.05) is 5.32 Å². The van der Waals surface area contributed by atoms with Crippen LogP contribution < -0.4 is 5.32 Å². The van der Waals surface area contributed by atoms with Crippen molar-refractivity contribution in [1.29, 1.82) is 0 Å². The van der Waals surface area contributed by atoms with Gasteiger partial charge in [-0.25, -0.2) is 4.98 Å². The summed E-state index contributed by atoms with van der Waals surface area (Å²) in [6.07, 6.45) is -4.47. The molecule has 0 aromatic carbocycles. The van der Waals surface area contributed by atoms with Crippen LogP contribution in [0, 0.1) is 6.92 Å². The molecule has 0 fully saturated rings. The van der Waals surface area contributed by atoms with Crippen LogP contribution in [0.5, 0.6) is 0 Å². The molecule has 102 valence electrons. The summed E-state index contributed by atoms with van der Waals surface area (Å²) in [6, 6.07) is 2.02. The Bertz CT molecular complexity index is 550. The molecule has 8 heteroatoms. The molecule has 1 N–H and O–H groups in total. The number of aryl methyl sites for hydroxylation is 1. The molecule has 0 spiro atoms. The maximum atomic E-state index is 12.3. The van der Waals surface area contributed by atoms with Crippen molar-refractivity contribution in [3.8, 4) is 0 Å². The summed E-state index contributed by atoms with van der Waals surface area (Å²) in [4.78, 5) is 4.29. The second-order valence-corrected chi connectivity index (χ2v) is 4.88. The van der Waals surface area contributed by atoms with Crippen LogP contribution in [0.25, 0.3) is 0 Å². The molecular formula is C11H11F3N4S. The molecule has 0 saturated carbocycles. The van der Waals surface area contributed by atoms with Gasteiger partial charge in [0.1, 0.15) is 10.8 Å². The van der Waals surface area contributed by atoms with Crippen molar-refractivity contribution < 1.29 is 13.2 Å². The molecule has 0 bridgehead atoms. The van der Waals surface area contributed by atoms with Gasteiger partial charge in [0.15, 0.2) is 5.69 Å². The number of nitrogens with zero attached hydrogens (tertiary/aromatic N) is 3. The van der Waals surface area contributed by atoms with Crippen LogP contribution in [-0.2, 0) is 6.18 Å². The molecule has 1 atom stereocenters. The number of thiazole rings is 1. The number of anilines is 1. The molecule has 0 radical (unpaired) electrons. The van der Waals surface area contributed by atoms with Crippen molar-refractivity contribution in [1.82, 2.24) is 15.2 Å². The van der Waals surface area contributed by atoms with Gasteiger partial charge in [-0.3, -0.25) is 0 Å². The van der Waals surface area contributed by atoms with Gasteiger partial charge in [-0.05, 0) is 26.0 Å². The maximum Gasteiger partial charge on any atom is 0.435 e. The van der Waals surface area contributed by atoms with Crippen LogP contribution in [0.2, 0.25) is 0 Å². The Kier molecular flexibility index (Phi) is 3.70. The molecule has 0 amide bonds. The standard InChI is InChI=1S/C11H11F3N4S/c1-6-5-19-10(15-6)7(2)16-9-4-3-8(17-18-9)11(12,13)14/h3-5,7H,1-2H3,(H,16,18). The lowest BCUT2D eigenvalue weighted by Crippen LogP contribution is -2.12. The van der Waals surface area contributed by atoms with Gasteiger partial charge in [-0.2, -0.15) is 13.2 Å². The predicted octanol–water partition coefficient (Wildman–Crippen LogP) is 3.43. The van der Waals surface area contributed by atoms with Gasteiger partial charge in [0, 0.05) is 11.1 Å². The average molecular weight is 288 g/mol. The molecule has 2 aromatic rings. The molecule has 0 aliphatic carbocycles. The Morgan fingerprint density at radius 3 is 2.47 bits per heavy atom. The van der Waals surface area contributed by atoms with E-state index in [-0.39, 0.29) is 11.9 Å². The number of halogens is 3. The minimum absolute atomic E-state index is 0.135. The van der Waals surface area contributed by atoms with Crippen molar-refractivity contribution >= 4 is 17.2 Å². The van der Waals surface area contributed by atoms with Crippen molar-refractivity contribution in [3.63, 3.8) is 0 Å². The first kappa shape index (κ1) is 13.7. The quantitative estimate of drug-likeness (QED) is 0.940. The number of aromatic nitrogens is 3. The largest absolute Gasteiger partial charge is 0.435 e. The normalized spacial score (nSPS) is 13.3. The zero-order valence-electron chi connectivity index (χ0n) is 10.2. The minimum Gasteiger partial charge on any atom is -0.360 e. The lowest BCUT2D eigenvalue weighted by molar-refractivity contribution is -0.141. The van der Waals surface area contributed by atoms with E-state index in [1.54, 1.807) is 0 Å². The van der Waals surface area contributed by atoms with Gasteiger partial charge in [-0.15, -0.1) is 21.5 Å². The fraction of sp³-hybridized carbons (Fsp3) is 0.364. The smallest absolute Gasteiger partial charge is 0.360 e. The summed E-state index contributed by atoms with van der Waals surface area (Å²) in [5.74, 6) is 0.286. The van der Waals surface area contributed by atoms with Gasteiger partial charge >= 0.3 is 6.18 Å². The van der Waals surface area contributed by atoms with Crippen LogP contribution in [0.1, 0.15) is 29.4 Å². The van der Waals surface area contributed by atoms with Crippen LogP contribution in [0.3, 0.4) is 0 Å². The summed E-state index contributed by atoms with van der Waals surface area (Å²) in [5.41, 5.74) is -0.0945. The van der Waals surface area contributed by atoms with Crippen LogP contribution in [-0.4, -0.2) is 15.2 Å². The van der Waals surface area contributed by atoms with Gasteiger partial charge in [-0.1, -0.05) is 0 Å². The minimum atomic E-state index is -4.47. The zero-order chi connectivity index (χ0) is 14.0. The fourth-order valence-electron chi connectivity index (χ4n) is 1.42. The molecule has 0 aliphatic rings. The highest BCUT2D eigenvalue weighted by molar-refractivity contribution is 7.09. The van der Waals surface area contributed by atoms with E-state index in [1.807, 2.05) is 19.2 Å². The number of nitrogens with one attached hydrogen (secondary N) is 1. The molecule has 2 heterocycles. The van der Waals surface area contributed by atoms with Gasteiger partial charge in [0.05, 0.1) is 6.04 Å². The summed E-state index contributed by atoms with van der Waals surface area (Å²) >= 11 is 1.48. The lowest BCUT2D eigenvalue weighted by Gasteiger charge is -2.12. The predicted molar refractivity (Wildman–Crippen MR) is 65.9 cm³/mol. The molecule has 4 nitrogen and oxygen atoms in total. The van der Waals surface area contributed by atoms with E-state index in [1.165, 1.54) is 17.4 Å². The van der Waals surface area contributed by atoms with Gasteiger partial charge in [0.25, 0.3) is 0 Å². The second-order valence-electron chi connectivity index (χ2n) is 3.99. The van der Waals surface area contributed by atoms with Gasteiger partial charge < -0.3 is 5.32 Å². The molecule has 2 aromatic heterocycles. The van der Waals surface area contributed by atoms with Crippen LogP contribution in [0.15, 0.2) is 17.5 Å². The first-order chi connectivity index (χ1) is 8.86. The van der Waals surface area contributed by atoms with Crippen molar-refractivity contribution in [3.05, 3.63) is 33.9 Å². The summed E-state index contributed by atoms with van der Waals surface area (Å²) in [5, 5.41) is 12.4. The Morgan fingerprint density at radius 2 is 2.00 bits per heavy atom. The molecule has 2 rings (SSSR count). The van der Waals surface area contributed by atoms with Gasteiger partial charge in [0.2, 0.25) is 0 Å². The first-order valence-corrected chi connectivity index (χ1v) is 6.33. The number of rotatable bonds is 3. The number of hydrogen-bond acceptors (Lipinski definition) is 5. The van der Waals surface area contributed by atoms with E-state index < -0.39 is 11.9 Å². The SMILES string of the molecule is Cc1csc(C(C)Nc2ccc(C(F)(F)F)nn2)n1. The average Bonchev–Trinajstić information content (AvgIpc) is 2.75. The lowest BCUT2D eigenvalue weighted by atomic mass is 10.3. The second kappa shape index (κ2) is 5.12. The fourth-order valence-corrected chi connectivity index (χ4v) is 2.22. The van der Waals surface area contributed by atoms with E-state index in [0.717, 1.165) is 16.8 Å². The van der Waals surface area contributed by atoms with E-state index in [4.69, 9.17) is 0 Å². The Morgan fingerprint density at radius 1 is 1.26 bits per heavy atom. The zero-order valence-corrected chi connectivity index (χ0v) is 11.0. The summed E-state index contributed by atoms with van der Waals surface area (Å²) in [7, 11) is 0. The van der Waals surface area contributed by atoms with Crippen LogP contribution >= 0.6 is 11.3 Å². The third kappa shape index (κ3) is 3.40. The third-order valence-corrected chi connectivity index (χ3v) is 3.47. The maximum absolute atomic E-state index is 12.3.